The number of methoxy groups -OCH3 is 1. The predicted molar refractivity (Wildman–Crippen MR) is 51.4 cm³/mol. The van der Waals surface area contributed by atoms with Gasteiger partial charge < -0.3 is 15.8 Å². The maximum atomic E-state index is 10.9. The maximum Gasteiger partial charge on any atom is 0.320 e. The van der Waals surface area contributed by atoms with Crippen molar-refractivity contribution in [3.8, 4) is 0 Å². The zero-order chi connectivity index (χ0) is 10.4. The smallest absolute Gasteiger partial charge is 0.320 e. The first-order valence-electron chi connectivity index (χ1n) is 3.73. The Hall–Kier alpha value is -0.620. The molecule has 0 aromatic rings. The fraction of sp³-hybridized carbons (Fsp3) is 0.714. The van der Waals surface area contributed by atoms with Gasteiger partial charge in [-0.25, -0.2) is 0 Å². The third kappa shape index (κ3) is 4.84. The van der Waals surface area contributed by atoms with Crippen LogP contribution in [0, 0.1) is 0 Å². The molecule has 0 radical (unpaired) electrons. The van der Waals surface area contributed by atoms with Crippen LogP contribution >= 0.6 is 15.9 Å². The SMILES string of the molecule is COC(=O)C(Br)CNC(C)C(N)=O. The average Bonchev–Trinajstić information content (AvgIpc) is 2.11. The lowest BCUT2D eigenvalue weighted by molar-refractivity contribution is -0.139. The van der Waals surface area contributed by atoms with E-state index >= 15 is 0 Å². The molecular weight excluding hydrogens is 240 g/mol. The molecule has 2 atom stereocenters. The van der Waals surface area contributed by atoms with Gasteiger partial charge in [0.15, 0.2) is 0 Å². The van der Waals surface area contributed by atoms with E-state index < -0.39 is 16.8 Å². The monoisotopic (exact) mass is 252 g/mol. The van der Waals surface area contributed by atoms with Gasteiger partial charge in [-0.2, -0.15) is 0 Å². The van der Waals surface area contributed by atoms with Crippen LogP contribution < -0.4 is 11.1 Å². The highest BCUT2D eigenvalue weighted by Crippen LogP contribution is 2.00. The van der Waals surface area contributed by atoms with E-state index in [4.69, 9.17) is 5.73 Å². The number of rotatable bonds is 5. The summed E-state index contributed by atoms with van der Waals surface area (Å²) in [6, 6.07) is -0.454. The van der Waals surface area contributed by atoms with E-state index in [1.165, 1.54) is 7.11 Å². The van der Waals surface area contributed by atoms with Gasteiger partial charge >= 0.3 is 5.97 Å². The molecule has 0 fully saturated rings. The lowest BCUT2D eigenvalue weighted by Gasteiger charge is -2.12. The minimum Gasteiger partial charge on any atom is -0.468 e. The minimum absolute atomic E-state index is 0.302. The molecule has 0 heterocycles. The Kier molecular flexibility index (Phi) is 5.65. The van der Waals surface area contributed by atoms with Gasteiger partial charge in [0.1, 0.15) is 4.83 Å². The second-order valence-electron chi connectivity index (χ2n) is 2.52. The van der Waals surface area contributed by atoms with E-state index in [0.29, 0.717) is 6.54 Å². The zero-order valence-corrected chi connectivity index (χ0v) is 9.13. The van der Waals surface area contributed by atoms with Crippen LogP contribution in [0.4, 0.5) is 0 Å². The van der Waals surface area contributed by atoms with Crippen molar-refractivity contribution in [1.82, 2.24) is 5.32 Å². The predicted octanol–water partition coefficient (Wildman–Crippen LogP) is -0.614. The number of nitrogens with one attached hydrogen (secondary N) is 1. The lowest BCUT2D eigenvalue weighted by atomic mass is 10.3. The van der Waals surface area contributed by atoms with Gasteiger partial charge in [-0.05, 0) is 6.92 Å². The molecule has 0 aromatic carbocycles. The van der Waals surface area contributed by atoms with Crippen LogP contribution in [-0.2, 0) is 14.3 Å². The van der Waals surface area contributed by atoms with Crippen LogP contribution in [-0.4, -0.2) is 36.4 Å². The molecule has 0 aliphatic carbocycles. The Labute approximate surface area is 85.1 Å². The normalized spacial score (nSPS) is 14.7. The first kappa shape index (κ1) is 12.4. The van der Waals surface area contributed by atoms with Crippen molar-refractivity contribution >= 4 is 27.8 Å². The molecule has 0 saturated heterocycles. The number of primary amides is 1. The summed E-state index contributed by atoms with van der Waals surface area (Å²) in [5.74, 6) is -0.839. The molecule has 0 aromatic heterocycles. The number of alkyl halides is 1. The molecule has 13 heavy (non-hydrogen) atoms. The number of esters is 1. The quantitative estimate of drug-likeness (QED) is 0.505. The molecule has 0 aliphatic rings. The number of ether oxygens (including phenoxy) is 1. The molecule has 0 bridgehead atoms. The number of amides is 1. The van der Waals surface area contributed by atoms with E-state index in [-0.39, 0.29) is 5.97 Å². The highest BCUT2D eigenvalue weighted by molar-refractivity contribution is 9.10. The maximum absolute atomic E-state index is 10.9. The number of carbonyl (C=O) groups is 2. The Morgan fingerprint density at radius 1 is 1.62 bits per heavy atom. The number of halogens is 1. The van der Waals surface area contributed by atoms with Crippen LogP contribution in [0.25, 0.3) is 0 Å². The Morgan fingerprint density at radius 3 is 2.54 bits per heavy atom. The van der Waals surface area contributed by atoms with Gasteiger partial charge in [0.2, 0.25) is 5.91 Å². The van der Waals surface area contributed by atoms with Crippen molar-refractivity contribution in [2.24, 2.45) is 5.73 Å². The van der Waals surface area contributed by atoms with Crippen molar-refractivity contribution in [2.75, 3.05) is 13.7 Å². The van der Waals surface area contributed by atoms with Crippen molar-refractivity contribution in [2.45, 2.75) is 17.8 Å². The van der Waals surface area contributed by atoms with Gasteiger partial charge in [-0.1, -0.05) is 15.9 Å². The summed E-state index contributed by atoms with van der Waals surface area (Å²) in [5.41, 5.74) is 5.00. The molecule has 0 saturated carbocycles. The highest BCUT2D eigenvalue weighted by atomic mass is 79.9. The number of nitrogens with two attached hydrogens (primary N) is 1. The van der Waals surface area contributed by atoms with Crippen LogP contribution in [0.3, 0.4) is 0 Å². The molecule has 0 aliphatic heterocycles. The average molecular weight is 253 g/mol. The van der Waals surface area contributed by atoms with Gasteiger partial charge in [-0.3, -0.25) is 9.59 Å². The van der Waals surface area contributed by atoms with E-state index in [0.717, 1.165) is 0 Å². The second kappa shape index (κ2) is 5.93. The summed E-state index contributed by atoms with van der Waals surface area (Å²) < 4.78 is 4.46. The molecule has 0 rings (SSSR count). The fourth-order valence-electron chi connectivity index (χ4n) is 0.592. The fourth-order valence-corrected chi connectivity index (χ4v) is 0.966. The second-order valence-corrected chi connectivity index (χ2v) is 3.63. The summed E-state index contributed by atoms with van der Waals surface area (Å²) in [4.78, 5) is 21.0. The van der Waals surface area contributed by atoms with Gasteiger partial charge in [0.05, 0.1) is 13.2 Å². The van der Waals surface area contributed by atoms with Crippen molar-refractivity contribution in [1.29, 1.82) is 0 Å². The van der Waals surface area contributed by atoms with Gasteiger partial charge in [0, 0.05) is 6.54 Å². The van der Waals surface area contributed by atoms with E-state index in [2.05, 4.69) is 26.0 Å². The van der Waals surface area contributed by atoms with Gasteiger partial charge in [0.25, 0.3) is 0 Å². The topological polar surface area (TPSA) is 81.4 Å². The van der Waals surface area contributed by atoms with Crippen molar-refractivity contribution in [3.05, 3.63) is 0 Å². The van der Waals surface area contributed by atoms with Crippen molar-refractivity contribution in [3.63, 3.8) is 0 Å². The molecule has 0 spiro atoms. The summed E-state index contributed by atoms with van der Waals surface area (Å²) >= 11 is 3.09. The Balaban J connectivity index is 3.76. The largest absolute Gasteiger partial charge is 0.468 e. The number of hydrogen-bond acceptors (Lipinski definition) is 4. The standard InChI is InChI=1S/C7H13BrN2O3/c1-4(6(9)11)10-3-5(8)7(12)13-2/h4-5,10H,3H2,1-2H3,(H2,9,11). The molecular formula is C7H13BrN2O3. The molecule has 2 unspecified atom stereocenters. The van der Waals surface area contributed by atoms with E-state index in [1.54, 1.807) is 6.92 Å². The lowest BCUT2D eigenvalue weighted by Crippen LogP contribution is -2.42. The molecule has 1 amide bonds. The molecule has 76 valence electrons. The Morgan fingerprint density at radius 2 is 2.15 bits per heavy atom. The first-order chi connectivity index (χ1) is 5.99. The number of carbonyl (C=O) groups excluding carboxylic acids is 2. The molecule has 3 N–H and O–H groups in total. The molecule has 5 nitrogen and oxygen atoms in total. The van der Waals surface area contributed by atoms with Crippen LogP contribution in [0.1, 0.15) is 6.92 Å². The van der Waals surface area contributed by atoms with Crippen molar-refractivity contribution < 1.29 is 14.3 Å². The third-order valence-electron chi connectivity index (χ3n) is 1.49. The van der Waals surface area contributed by atoms with Crippen LogP contribution in [0.5, 0.6) is 0 Å². The highest BCUT2D eigenvalue weighted by Gasteiger charge is 2.17. The van der Waals surface area contributed by atoms with E-state index in [1.807, 2.05) is 0 Å². The van der Waals surface area contributed by atoms with Crippen LogP contribution in [0.15, 0.2) is 0 Å². The molecule has 6 heteroatoms. The number of hydrogen-bond donors (Lipinski definition) is 2. The Bertz CT molecular complexity index is 198. The summed E-state index contributed by atoms with van der Waals surface area (Å²) in [7, 11) is 1.30. The zero-order valence-electron chi connectivity index (χ0n) is 7.54. The van der Waals surface area contributed by atoms with Gasteiger partial charge in [-0.15, -0.1) is 0 Å². The van der Waals surface area contributed by atoms with E-state index in [9.17, 15) is 9.59 Å². The first-order valence-corrected chi connectivity index (χ1v) is 4.65. The summed E-state index contributed by atoms with van der Waals surface area (Å²) in [6.07, 6.45) is 0. The summed E-state index contributed by atoms with van der Waals surface area (Å²) in [6.45, 7) is 1.93. The van der Waals surface area contributed by atoms with Crippen LogP contribution in [0.2, 0.25) is 0 Å². The summed E-state index contributed by atoms with van der Waals surface area (Å²) in [5, 5.41) is 2.77. The minimum atomic E-state index is -0.459. The third-order valence-corrected chi connectivity index (χ3v) is 2.18.